The quantitative estimate of drug-likeness (QED) is 0.813. The maximum absolute atomic E-state index is 13.2. The Labute approximate surface area is 174 Å². The normalized spacial score (nSPS) is 25.1. The molecule has 2 aromatic rings. The number of pyridine rings is 2. The fraction of sp³-hybridized carbons (Fsp3) is 0.455. The van der Waals surface area contributed by atoms with Crippen LogP contribution in [0, 0.1) is 5.92 Å². The number of hydrogen-bond donors (Lipinski definition) is 1. The summed E-state index contributed by atoms with van der Waals surface area (Å²) in [6.45, 7) is 2.34. The van der Waals surface area contributed by atoms with Crippen molar-refractivity contribution in [2.75, 3.05) is 19.6 Å². The number of likely N-dealkylation sites (tertiary alicyclic amines) is 2. The summed E-state index contributed by atoms with van der Waals surface area (Å²) in [6.07, 6.45) is 5.89. The highest BCUT2D eigenvalue weighted by Gasteiger charge is 2.41. The summed E-state index contributed by atoms with van der Waals surface area (Å²) in [7, 11) is 0. The van der Waals surface area contributed by atoms with Crippen molar-refractivity contribution in [3.63, 3.8) is 0 Å². The smallest absolute Gasteiger partial charge is 0.315 e. The molecule has 0 saturated carbocycles. The number of rotatable bonds is 2. The van der Waals surface area contributed by atoms with E-state index in [1.54, 1.807) is 18.5 Å². The third-order valence-electron chi connectivity index (χ3n) is 6.68. The largest absolute Gasteiger partial charge is 0.351 e. The maximum Gasteiger partial charge on any atom is 0.315 e. The zero-order chi connectivity index (χ0) is 20.8. The van der Waals surface area contributed by atoms with Gasteiger partial charge >= 0.3 is 6.03 Å². The van der Waals surface area contributed by atoms with Crippen LogP contribution < -0.4 is 11.3 Å². The second-order valence-electron chi connectivity index (χ2n) is 8.59. The summed E-state index contributed by atoms with van der Waals surface area (Å²) in [5.41, 5.74) is 8.22. The third-order valence-corrected chi connectivity index (χ3v) is 6.68. The minimum atomic E-state index is -0.527. The molecule has 2 fully saturated rings. The number of nitrogens with zero attached hydrogens (tertiary/aromatic N) is 4. The number of carbonyl (C=O) groups excluding carboxylic acids is 2. The standard InChI is InChI=1S/C22H25N5O3/c23-22(30)26-6-2-4-18(26)21(29)25-11-14-7-17(13-25)19-8-16(9-20(28)27(19)12-14)15-3-1-5-24-10-15/h1,3,5,8-10,14,17-18H,2,4,6-7,11-13H2,(H2,23,30)/t14-,17+,18-/m0/s1. The highest BCUT2D eigenvalue weighted by atomic mass is 16.2. The summed E-state index contributed by atoms with van der Waals surface area (Å²) >= 11 is 0. The van der Waals surface area contributed by atoms with Gasteiger partial charge in [-0.15, -0.1) is 0 Å². The maximum atomic E-state index is 13.2. The van der Waals surface area contributed by atoms with Gasteiger partial charge in [0.15, 0.2) is 0 Å². The summed E-state index contributed by atoms with van der Waals surface area (Å²) in [6, 6.07) is 6.56. The second kappa shape index (κ2) is 7.27. The number of primary amides is 1. The lowest BCUT2D eigenvalue weighted by atomic mass is 9.82. The Morgan fingerprint density at radius 2 is 2.00 bits per heavy atom. The number of hydrogen-bond acceptors (Lipinski definition) is 4. The average Bonchev–Trinajstić information content (AvgIpc) is 3.24. The molecule has 0 radical (unpaired) electrons. The average molecular weight is 407 g/mol. The molecule has 3 amide bonds. The number of aromatic nitrogens is 2. The van der Waals surface area contributed by atoms with Crippen molar-refractivity contribution in [2.24, 2.45) is 11.7 Å². The molecule has 2 N–H and O–H groups in total. The first-order valence-electron chi connectivity index (χ1n) is 10.5. The molecule has 8 nitrogen and oxygen atoms in total. The van der Waals surface area contributed by atoms with Gasteiger partial charge < -0.3 is 20.1 Å². The van der Waals surface area contributed by atoms with Gasteiger partial charge in [-0.1, -0.05) is 6.07 Å². The molecule has 0 spiro atoms. The zero-order valence-electron chi connectivity index (χ0n) is 16.7. The number of carbonyl (C=O) groups is 2. The van der Waals surface area contributed by atoms with Gasteiger partial charge in [-0.2, -0.15) is 0 Å². The van der Waals surface area contributed by atoms with Crippen LogP contribution in [0.2, 0.25) is 0 Å². The molecule has 3 atom stereocenters. The van der Waals surface area contributed by atoms with Gasteiger partial charge in [0.2, 0.25) is 5.91 Å². The first-order valence-corrected chi connectivity index (χ1v) is 10.5. The van der Waals surface area contributed by atoms with E-state index in [1.165, 1.54) is 4.90 Å². The molecule has 2 bridgehead atoms. The Morgan fingerprint density at radius 1 is 1.13 bits per heavy atom. The molecule has 0 aromatic carbocycles. The van der Waals surface area contributed by atoms with E-state index >= 15 is 0 Å². The van der Waals surface area contributed by atoms with Crippen molar-refractivity contribution >= 4 is 11.9 Å². The van der Waals surface area contributed by atoms with E-state index in [2.05, 4.69) is 11.1 Å². The van der Waals surface area contributed by atoms with Gasteiger partial charge in [-0.05, 0) is 42.9 Å². The monoisotopic (exact) mass is 407 g/mol. The molecule has 2 aromatic heterocycles. The van der Waals surface area contributed by atoms with E-state index in [9.17, 15) is 14.4 Å². The van der Waals surface area contributed by atoms with Crippen molar-refractivity contribution < 1.29 is 9.59 Å². The number of urea groups is 1. The van der Waals surface area contributed by atoms with Crippen LogP contribution in [0.25, 0.3) is 11.1 Å². The Hall–Kier alpha value is -3.16. The van der Waals surface area contributed by atoms with Crippen molar-refractivity contribution in [2.45, 2.75) is 37.8 Å². The number of fused-ring (bicyclic) bond motifs is 4. The van der Waals surface area contributed by atoms with Gasteiger partial charge in [-0.3, -0.25) is 14.6 Å². The van der Waals surface area contributed by atoms with Crippen LogP contribution in [-0.4, -0.2) is 57.0 Å². The second-order valence-corrected chi connectivity index (χ2v) is 8.59. The highest BCUT2D eigenvalue weighted by molar-refractivity contribution is 5.87. The van der Waals surface area contributed by atoms with E-state index in [0.29, 0.717) is 32.6 Å². The van der Waals surface area contributed by atoms with Crippen LogP contribution in [0.3, 0.4) is 0 Å². The Balaban J connectivity index is 1.44. The predicted molar refractivity (Wildman–Crippen MR) is 111 cm³/mol. The minimum Gasteiger partial charge on any atom is -0.351 e. The van der Waals surface area contributed by atoms with E-state index in [-0.39, 0.29) is 23.3 Å². The Morgan fingerprint density at radius 3 is 2.77 bits per heavy atom. The van der Waals surface area contributed by atoms with Gasteiger partial charge in [0.05, 0.1) is 0 Å². The van der Waals surface area contributed by atoms with Gasteiger partial charge in [0, 0.05) is 61.8 Å². The summed E-state index contributed by atoms with van der Waals surface area (Å²) in [5.74, 6) is 0.333. The van der Waals surface area contributed by atoms with Crippen LogP contribution in [0.5, 0.6) is 0 Å². The highest BCUT2D eigenvalue weighted by Crippen LogP contribution is 2.37. The van der Waals surface area contributed by atoms with Gasteiger partial charge in [0.25, 0.3) is 5.56 Å². The van der Waals surface area contributed by atoms with Crippen LogP contribution >= 0.6 is 0 Å². The van der Waals surface area contributed by atoms with Crippen molar-refractivity contribution in [1.82, 2.24) is 19.4 Å². The predicted octanol–water partition coefficient (Wildman–Crippen LogP) is 1.40. The fourth-order valence-electron chi connectivity index (χ4n) is 5.34. The topological polar surface area (TPSA) is 102 Å². The fourth-order valence-corrected chi connectivity index (χ4v) is 5.34. The lowest BCUT2D eigenvalue weighted by molar-refractivity contribution is -0.137. The molecule has 0 unspecified atom stereocenters. The molecule has 3 aliphatic heterocycles. The van der Waals surface area contributed by atoms with E-state index in [1.807, 2.05) is 21.6 Å². The van der Waals surface area contributed by atoms with E-state index < -0.39 is 12.1 Å². The molecule has 2 saturated heterocycles. The molecule has 156 valence electrons. The van der Waals surface area contributed by atoms with E-state index in [4.69, 9.17) is 5.73 Å². The van der Waals surface area contributed by atoms with Crippen LogP contribution in [0.15, 0.2) is 41.5 Å². The van der Waals surface area contributed by atoms with Crippen LogP contribution in [0.1, 0.15) is 30.9 Å². The third kappa shape index (κ3) is 3.16. The van der Waals surface area contributed by atoms with Crippen molar-refractivity contribution in [3.8, 4) is 11.1 Å². The first kappa shape index (κ1) is 18.8. The van der Waals surface area contributed by atoms with Crippen LogP contribution in [-0.2, 0) is 11.3 Å². The molecule has 3 aliphatic rings. The summed E-state index contributed by atoms with van der Waals surface area (Å²) in [4.78, 5) is 45.3. The zero-order valence-corrected chi connectivity index (χ0v) is 16.7. The van der Waals surface area contributed by atoms with Crippen LogP contribution in [0.4, 0.5) is 4.79 Å². The number of amides is 3. The van der Waals surface area contributed by atoms with Gasteiger partial charge in [-0.25, -0.2) is 4.79 Å². The molecular weight excluding hydrogens is 382 g/mol. The number of piperidine rings is 1. The lowest BCUT2D eigenvalue weighted by Crippen LogP contribution is -2.55. The van der Waals surface area contributed by atoms with Gasteiger partial charge in [0.1, 0.15) is 6.04 Å². The molecule has 30 heavy (non-hydrogen) atoms. The summed E-state index contributed by atoms with van der Waals surface area (Å²) in [5, 5.41) is 0. The SMILES string of the molecule is NC(=O)N1CCC[C@H]1C(=O)N1C[C@@H]2C[C@H](C1)c1cc(-c3cccnc3)cc(=O)n1C2. The molecule has 0 aliphatic carbocycles. The lowest BCUT2D eigenvalue weighted by Gasteiger charge is -2.44. The minimum absolute atomic E-state index is 0.00322. The number of nitrogens with two attached hydrogens (primary N) is 1. The molecule has 5 rings (SSSR count). The Kier molecular flexibility index (Phi) is 4.56. The van der Waals surface area contributed by atoms with Crippen molar-refractivity contribution in [1.29, 1.82) is 0 Å². The first-order chi connectivity index (χ1) is 14.5. The molecular formula is C22H25N5O3. The molecule has 8 heteroatoms. The Bertz CT molecular complexity index is 1050. The molecule has 5 heterocycles. The van der Waals surface area contributed by atoms with E-state index in [0.717, 1.165) is 29.7 Å². The summed E-state index contributed by atoms with van der Waals surface area (Å²) < 4.78 is 1.87. The van der Waals surface area contributed by atoms with Crippen molar-refractivity contribution in [3.05, 3.63) is 52.7 Å².